The normalized spacial score (nSPS) is 24.8. The Hall–Kier alpha value is -0.940. The average molecular weight is 238 g/mol. The second kappa shape index (κ2) is 6.71. The van der Waals surface area contributed by atoms with Crippen molar-refractivity contribution in [1.29, 1.82) is 0 Å². The lowest BCUT2D eigenvalue weighted by atomic mass is 10.2. The second-order valence-corrected chi connectivity index (χ2v) is 4.10. The molecule has 1 aromatic carbocycles. The molecule has 0 amide bonds. The lowest BCUT2D eigenvalue weighted by Crippen LogP contribution is -2.40. The first-order valence-electron chi connectivity index (χ1n) is 5.84. The van der Waals surface area contributed by atoms with Crippen molar-refractivity contribution in [3.63, 3.8) is 0 Å². The molecular formula is C13H18O4. The highest BCUT2D eigenvalue weighted by Crippen LogP contribution is 2.09. The zero-order valence-electron chi connectivity index (χ0n) is 9.75. The summed E-state index contributed by atoms with van der Waals surface area (Å²) in [6.45, 7) is 2.06. The van der Waals surface area contributed by atoms with Gasteiger partial charge in [0.05, 0.1) is 33.0 Å². The smallest absolute Gasteiger partial charge is 0.105 e. The molecule has 17 heavy (non-hydrogen) atoms. The first kappa shape index (κ1) is 12.5. The van der Waals surface area contributed by atoms with E-state index < -0.39 is 0 Å². The fourth-order valence-electron chi connectivity index (χ4n) is 1.75. The summed E-state index contributed by atoms with van der Waals surface area (Å²) in [5.74, 6) is 0. The SMILES string of the molecule is OC[C@H]1COC[C@H](COCc2ccccc2)O1. The lowest BCUT2D eigenvalue weighted by molar-refractivity contribution is -0.168. The third-order valence-electron chi connectivity index (χ3n) is 2.61. The van der Waals surface area contributed by atoms with E-state index >= 15 is 0 Å². The van der Waals surface area contributed by atoms with Gasteiger partial charge in [-0.3, -0.25) is 0 Å². The molecule has 4 heteroatoms. The summed E-state index contributed by atoms with van der Waals surface area (Å²) in [4.78, 5) is 0. The van der Waals surface area contributed by atoms with Gasteiger partial charge in [0.15, 0.2) is 0 Å². The second-order valence-electron chi connectivity index (χ2n) is 4.10. The van der Waals surface area contributed by atoms with Crippen molar-refractivity contribution in [3.8, 4) is 0 Å². The highest BCUT2D eigenvalue weighted by molar-refractivity contribution is 5.13. The molecule has 0 spiro atoms. The van der Waals surface area contributed by atoms with Crippen LogP contribution in [0.25, 0.3) is 0 Å². The van der Waals surface area contributed by atoms with Crippen molar-refractivity contribution < 1.29 is 19.3 Å². The molecule has 2 rings (SSSR count). The number of aliphatic hydroxyl groups is 1. The summed E-state index contributed by atoms with van der Waals surface area (Å²) in [5.41, 5.74) is 1.14. The third-order valence-corrected chi connectivity index (χ3v) is 2.61. The fourth-order valence-corrected chi connectivity index (χ4v) is 1.75. The third kappa shape index (κ3) is 4.09. The number of ether oxygens (including phenoxy) is 3. The molecular weight excluding hydrogens is 220 g/mol. The molecule has 0 unspecified atom stereocenters. The van der Waals surface area contributed by atoms with Gasteiger partial charge in [0.2, 0.25) is 0 Å². The van der Waals surface area contributed by atoms with Crippen LogP contribution in [0.5, 0.6) is 0 Å². The molecule has 1 heterocycles. The van der Waals surface area contributed by atoms with E-state index in [0.29, 0.717) is 26.4 Å². The van der Waals surface area contributed by atoms with Crippen LogP contribution in [0, 0.1) is 0 Å². The van der Waals surface area contributed by atoms with Crippen molar-refractivity contribution in [2.75, 3.05) is 26.4 Å². The molecule has 1 aliphatic rings. The molecule has 1 saturated heterocycles. The molecule has 1 aromatic rings. The van der Waals surface area contributed by atoms with E-state index in [9.17, 15) is 0 Å². The van der Waals surface area contributed by atoms with Gasteiger partial charge in [-0.15, -0.1) is 0 Å². The minimum atomic E-state index is -0.214. The van der Waals surface area contributed by atoms with Gasteiger partial charge in [-0.2, -0.15) is 0 Å². The Bertz CT molecular complexity index is 314. The summed E-state index contributed by atoms with van der Waals surface area (Å²) in [6.07, 6.45) is -0.293. The van der Waals surface area contributed by atoms with Crippen molar-refractivity contribution >= 4 is 0 Å². The molecule has 0 bridgehead atoms. The Morgan fingerprint density at radius 1 is 1.18 bits per heavy atom. The van der Waals surface area contributed by atoms with E-state index in [4.69, 9.17) is 19.3 Å². The van der Waals surface area contributed by atoms with Crippen molar-refractivity contribution in [1.82, 2.24) is 0 Å². The molecule has 4 nitrogen and oxygen atoms in total. The predicted molar refractivity (Wildman–Crippen MR) is 62.7 cm³/mol. The van der Waals surface area contributed by atoms with Gasteiger partial charge in [-0.25, -0.2) is 0 Å². The lowest BCUT2D eigenvalue weighted by Gasteiger charge is -2.28. The molecule has 1 N–H and O–H groups in total. The van der Waals surface area contributed by atoms with Crippen LogP contribution in [0.15, 0.2) is 30.3 Å². The van der Waals surface area contributed by atoms with Gasteiger partial charge in [0, 0.05) is 0 Å². The predicted octanol–water partition coefficient (Wildman–Crippen LogP) is 0.979. The minimum Gasteiger partial charge on any atom is -0.394 e. The van der Waals surface area contributed by atoms with Crippen LogP contribution in [0.1, 0.15) is 5.56 Å². The van der Waals surface area contributed by atoms with Crippen molar-refractivity contribution in [2.45, 2.75) is 18.8 Å². The first-order valence-corrected chi connectivity index (χ1v) is 5.84. The summed E-state index contributed by atoms with van der Waals surface area (Å²) >= 11 is 0. The van der Waals surface area contributed by atoms with Crippen LogP contribution in [-0.4, -0.2) is 43.7 Å². The van der Waals surface area contributed by atoms with Crippen LogP contribution in [-0.2, 0) is 20.8 Å². The first-order chi connectivity index (χ1) is 8.38. The molecule has 0 aromatic heterocycles. The molecule has 0 radical (unpaired) electrons. The zero-order valence-corrected chi connectivity index (χ0v) is 9.75. The van der Waals surface area contributed by atoms with Gasteiger partial charge in [0.1, 0.15) is 12.2 Å². The summed E-state index contributed by atoms with van der Waals surface area (Å²) in [5, 5.41) is 8.97. The monoisotopic (exact) mass is 238 g/mol. The maximum Gasteiger partial charge on any atom is 0.105 e. The van der Waals surface area contributed by atoms with Crippen molar-refractivity contribution in [2.24, 2.45) is 0 Å². The van der Waals surface area contributed by atoms with Gasteiger partial charge in [-0.05, 0) is 5.56 Å². The molecule has 2 atom stereocenters. The minimum absolute atomic E-state index is 0.00478. The standard InChI is InChI=1S/C13H18O4/c14-6-12-8-16-10-13(17-12)9-15-7-11-4-2-1-3-5-11/h1-5,12-14H,6-10H2/t12-,13-/m0/s1. The molecule has 0 saturated carbocycles. The number of aliphatic hydroxyl groups excluding tert-OH is 1. The van der Waals surface area contributed by atoms with Crippen LogP contribution in [0.4, 0.5) is 0 Å². The highest BCUT2D eigenvalue weighted by Gasteiger charge is 2.22. The summed E-state index contributed by atoms with van der Waals surface area (Å²) < 4.78 is 16.5. The summed E-state index contributed by atoms with van der Waals surface area (Å²) in [6, 6.07) is 10.00. The number of benzene rings is 1. The van der Waals surface area contributed by atoms with E-state index in [-0.39, 0.29) is 18.8 Å². The largest absolute Gasteiger partial charge is 0.394 e. The molecule has 94 valence electrons. The number of hydrogen-bond acceptors (Lipinski definition) is 4. The maximum absolute atomic E-state index is 8.97. The van der Waals surface area contributed by atoms with E-state index in [2.05, 4.69) is 0 Å². The van der Waals surface area contributed by atoms with Crippen LogP contribution in [0.2, 0.25) is 0 Å². The Morgan fingerprint density at radius 2 is 1.94 bits per heavy atom. The van der Waals surface area contributed by atoms with Gasteiger partial charge in [-0.1, -0.05) is 30.3 Å². The molecule has 0 aliphatic carbocycles. The van der Waals surface area contributed by atoms with Crippen LogP contribution < -0.4 is 0 Å². The fraction of sp³-hybridized carbons (Fsp3) is 0.538. The Kier molecular flexibility index (Phi) is 4.94. The Morgan fingerprint density at radius 3 is 2.71 bits per heavy atom. The Labute approximate surface area is 101 Å². The van der Waals surface area contributed by atoms with E-state index in [1.54, 1.807) is 0 Å². The highest BCUT2D eigenvalue weighted by atomic mass is 16.6. The van der Waals surface area contributed by atoms with Gasteiger partial charge < -0.3 is 19.3 Å². The molecule has 1 aliphatic heterocycles. The molecule has 1 fully saturated rings. The van der Waals surface area contributed by atoms with E-state index in [0.717, 1.165) is 5.56 Å². The van der Waals surface area contributed by atoms with Crippen LogP contribution >= 0.6 is 0 Å². The quantitative estimate of drug-likeness (QED) is 0.830. The van der Waals surface area contributed by atoms with Crippen molar-refractivity contribution in [3.05, 3.63) is 35.9 Å². The maximum atomic E-state index is 8.97. The summed E-state index contributed by atoms with van der Waals surface area (Å²) in [7, 11) is 0. The van der Waals surface area contributed by atoms with E-state index in [1.807, 2.05) is 30.3 Å². The number of hydrogen-bond donors (Lipinski definition) is 1. The average Bonchev–Trinajstić information content (AvgIpc) is 2.40. The van der Waals surface area contributed by atoms with E-state index in [1.165, 1.54) is 0 Å². The topological polar surface area (TPSA) is 47.9 Å². The Balaban J connectivity index is 1.68. The van der Waals surface area contributed by atoms with Gasteiger partial charge in [0.25, 0.3) is 0 Å². The van der Waals surface area contributed by atoms with Crippen LogP contribution in [0.3, 0.4) is 0 Å². The van der Waals surface area contributed by atoms with Gasteiger partial charge >= 0.3 is 0 Å². The zero-order chi connectivity index (χ0) is 11.9. The number of rotatable bonds is 5.